The number of nitrogens with zero attached hydrogens (tertiary/aromatic N) is 1. The van der Waals surface area contributed by atoms with Crippen LogP contribution in [0, 0.1) is 13.8 Å². The molecule has 3 nitrogen and oxygen atoms in total. The van der Waals surface area contributed by atoms with Crippen LogP contribution in [0.3, 0.4) is 0 Å². The van der Waals surface area contributed by atoms with Crippen LogP contribution >= 0.6 is 11.5 Å². The second-order valence-corrected chi connectivity index (χ2v) is 4.28. The van der Waals surface area contributed by atoms with Gasteiger partial charge in [0.25, 0.3) is 0 Å². The first kappa shape index (κ1) is 10.1. The van der Waals surface area contributed by atoms with Crippen LogP contribution in [-0.2, 0) is 4.74 Å². The van der Waals surface area contributed by atoms with E-state index in [1.54, 1.807) is 0 Å². The molecule has 2 rings (SSSR count). The van der Waals surface area contributed by atoms with Gasteiger partial charge < -0.3 is 4.74 Å². The third-order valence-electron chi connectivity index (χ3n) is 2.29. The molecular formula is C11H11NO2S. The molecule has 1 heterocycles. The Morgan fingerprint density at radius 3 is 2.80 bits per heavy atom. The average molecular weight is 221 g/mol. The lowest BCUT2D eigenvalue weighted by atomic mass is 10.1. The molecule has 0 spiro atoms. The lowest BCUT2D eigenvalue weighted by Gasteiger charge is -2.00. The summed E-state index contributed by atoms with van der Waals surface area (Å²) in [6.45, 7) is 4.01. The van der Waals surface area contributed by atoms with Crippen molar-refractivity contribution in [3.05, 3.63) is 29.0 Å². The minimum Gasteiger partial charge on any atom is -0.464 e. The lowest BCUT2D eigenvalue weighted by molar-refractivity contribution is 0.0597. The number of hydrogen-bond donors (Lipinski definition) is 0. The summed E-state index contributed by atoms with van der Waals surface area (Å²) in [6, 6.07) is 4.08. The molecule has 2 aromatic rings. The summed E-state index contributed by atoms with van der Waals surface area (Å²) in [4.78, 5) is 11.4. The summed E-state index contributed by atoms with van der Waals surface area (Å²) in [5.74, 6) is -0.367. The Morgan fingerprint density at radius 1 is 1.40 bits per heavy atom. The average Bonchev–Trinajstić information content (AvgIpc) is 2.60. The van der Waals surface area contributed by atoms with E-state index in [2.05, 4.69) is 4.37 Å². The van der Waals surface area contributed by atoms with Gasteiger partial charge >= 0.3 is 5.97 Å². The first-order valence-corrected chi connectivity index (χ1v) is 5.35. The van der Waals surface area contributed by atoms with Crippen molar-refractivity contribution in [3.8, 4) is 0 Å². The molecule has 0 saturated carbocycles. The SMILES string of the molecule is COC(=O)c1nsc2cc(C)cc(C)c12. The molecular weight excluding hydrogens is 210 g/mol. The fraction of sp³-hybridized carbons (Fsp3) is 0.273. The summed E-state index contributed by atoms with van der Waals surface area (Å²) < 4.78 is 9.86. The van der Waals surface area contributed by atoms with Crippen molar-refractivity contribution in [3.63, 3.8) is 0 Å². The molecule has 78 valence electrons. The van der Waals surface area contributed by atoms with Crippen LogP contribution in [0.15, 0.2) is 12.1 Å². The van der Waals surface area contributed by atoms with Crippen LogP contribution < -0.4 is 0 Å². The lowest BCUT2D eigenvalue weighted by Crippen LogP contribution is -2.02. The first-order chi connectivity index (χ1) is 7.13. The minimum atomic E-state index is -0.367. The molecule has 0 N–H and O–H groups in total. The van der Waals surface area contributed by atoms with E-state index in [9.17, 15) is 4.79 Å². The van der Waals surface area contributed by atoms with Gasteiger partial charge in [-0.25, -0.2) is 4.79 Å². The normalized spacial score (nSPS) is 10.6. The smallest absolute Gasteiger partial charge is 0.358 e. The highest BCUT2D eigenvalue weighted by molar-refractivity contribution is 7.13. The van der Waals surface area contributed by atoms with Crippen molar-refractivity contribution in [1.82, 2.24) is 4.37 Å². The highest BCUT2D eigenvalue weighted by Gasteiger charge is 2.16. The Labute approximate surface area is 91.8 Å². The molecule has 0 radical (unpaired) electrons. The van der Waals surface area contributed by atoms with Crippen molar-refractivity contribution in [2.45, 2.75) is 13.8 Å². The summed E-state index contributed by atoms with van der Waals surface area (Å²) in [5, 5.41) is 0.914. The molecule has 0 aliphatic carbocycles. The fourth-order valence-electron chi connectivity index (χ4n) is 1.68. The standard InChI is InChI=1S/C11H11NO2S/c1-6-4-7(2)9-8(5-6)15-12-10(9)11(13)14-3/h4-5H,1-3H3. The van der Waals surface area contributed by atoms with Crippen LogP contribution in [0.25, 0.3) is 10.1 Å². The van der Waals surface area contributed by atoms with Crippen molar-refractivity contribution >= 4 is 27.6 Å². The predicted octanol–water partition coefficient (Wildman–Crippen LogP) is 2.70. The van der Waals surface area contributed by atoms with Gasteiger partial charge in [0.05, 0.1) is 11.8 Å². The zero-order valence-electron chi connectivity index (χ0n) is 8.83. The highest BCUT2D eigenvalue weighted by atomic mass is 32.1. The van der Waals surface area contributed by atoms with Gasteiger partial charge in [-0.3, -0.25) is 0 Å². The molecule has 0 aliphatic rings. The largest absolute Gasteiger partial charge is 0.464 e. The summed E-state index contributed by atoms with van der Waals surface area (Å²) in [7, 11) is 1.37. The van der Waals surface area contributed by atoms with Crippen molar-refractivity contribution < 1.29 is 9.53 Å². The van der Waals surface area contributed by atoms with Gasteiger partial charge in [-0.2, -0.15) is 4.37 Å². The summed E-state index contributed by atoms with van der Waals surface area (Å²) in [5.41, 5.74) is 2.68. The molecule has 0 atom stereocenters. The molecule has 0 aliphatic heterocycles. The Hall–Kier alpha value is -1.42. The highest BCUT2D eigenvalue weighted by Crippen LogP contribution is 2.27. The molecule has 0 saturated heterocycles. The zero-order chi connectivity index (χ0) is 11.0. The number of carbonyl (C=O) groups is 1. The number of methoxy groups -OCH3 is 1. The fourth-order valence-corrected chi connectivity index (χ4v) is 2.62. The molecule has 0 amide bonds. The maximum Gasteiger partial charge on any atom is 0.358 e. The number of esters is 1. The van der Waals surface area contributed by atoms with Gasteiger partial charge in [-0.15, -0.1) is 0 Å². The van der Waals surface area contributed by atoms with Crippen LogP contribution in [0.2, 0.25) is 0 Å². The minimum absolute atomic E-state index is 0.367. The van der Waals surface area contributed by atoms with Crippen LogP contribution in [0.1, 0.15) is 21.6 Å². The van der Waals surface area contributed by atoms with Crippen LogP contribution in [0.4, 0.5) is 0 Å². The van der Waals surface area contributed by atoms with E-state index in [1.165, 1.54) is 24.2 Å². The van der Waals surface area contributed by atoms with E-state index in [-0.39, 0.29) is 5.97 Å². The van der Waals surface area contributed by atoms with Crippen molar-refractivity contribution in [2.24, 2.45) is 0 Å². The second kappa shape index (κ2) is 3.62. The third kappa shape index (κ3) is 1.61. The topological polar surface area (TPSA) is 39.2 Å². The molecule has 0 bridgehead atoms. The van der Waals surface area contributed by atoms with Gasteiger partial charge in [0, 0.05) is 5.39 Å². The van der Waals surface area contributed by atoms with Crippen LogP contribution in [0.5, 0.6) is 0 Å². The van der Waals surface area contributed by atoms with E-state index in [1.807, 2.05) is 26.0 Å². The molecule has 1 aromatic heterocycles. The van der Waals surface area contributed by atoms with Gasteiger partial charge in [0.2, 0.25) is 0 Å². The number of benzene rings is 1. The van der Waals surface area contributed by atoms with E-state index in [0.717, 1.165) is 15.6 Å². The number of rotatable bonds is 1. The Morgan fingerprint density at radius 2 is 2.13 bits per heavy atom. The van der Waals surface area contributed by atoms with Gasteiger partial charge in [0.1, 0.15) is 0 Å². The van der Waals surface area contributed by atoms with Crippen molar-refractivity contribution in [2.75, 3.05) is 7.11 Å². The number of ether oxygens (including phenoxy) is 1. The molecule has 1 aromatic carbocycles. The number of aryl methyl sites for hydroxylation is 2. The van der Waals surface area contributed by atoms with Crippen LogP contribution in [-0.4, -0.2) is 17.5 Å². The number of fused-ring (bicyclic) bond motifs is 1. The molecule has 0 fully saturated rings. The predicted molar refractivity (Wildman–Crippen MR) is 60.4 cm³/mol. The number of hydrogen-bond acceptors (Lipinski definition) is 4. The Kier molecular flexibility index (Phi) is 2.44. The van der Waals surface area contributed by atoms with Gasteiger partial charge in [-0.05, 0) is 42.6 Å². The molecule has 0 unspecified atom stereocenters. The monoisotopic (exact) mass is 221 g/mol. The van der Waals surface area contributed by atoms with E-state index in [4.69, 9.17) is 4.74 Å². The second-order valence-electron chi connectivity index (χ2n) is 3.48. The number of aromatic nitrogens is 1. The maximum atomic E-state index is 11.4. The Balaban J connectivity index is 2.74. The number of carbonyl (C=O) groups excluding carboxylic acids is 1. The quantitative estimate of drug-likeness (QED) is 0.695. The summed E-state index contributed by atoms with van der Waals surface area (Å²) in [6.07, 6.45) is 0. The molecule has 15 heavy (non-hydrogen) atoms. The van der Waals surface area contributed by atoms with Crippen molar-refractivity contribution in [1.29, 1.82) is 0 Å². The zero-order valence-corrected chi connectivity index (χ0v) is 9.64. The van der Waals surface area contributed by atoms with Gasteiger partial charge in [-0.1, -0.05) is 6.07 Å². The molecule has 4 heteroatoms. The van der Waals surface area contributed by atoms with E-state index in [0.29, 0.717) is 5.69 Å². The third-order valence-corrected chi connectivity index (χ3v) is 3.09. The first-order valence-electron chi connectivity index (χ1n) is 4.58. The van der Waals surface area contributed by atoms with E-state index >= 15 is 0 Å². The maximum absolute atomic E-state index is 11.4. The Bertz CT molecular complexity index is 531. The summed E-state index contributed by atoms with van der Waals surface area (Å²) >= 11 is 1.34. The van der Waals surface area contributed by atoms with E-state index < -0.39 is 0 Å². The van der Waals surface area contributed by atoms with Gasteiger partial charge in [0.15, 0.2) is 5.69 Å².